The maximum absolute atomic E-state index is 12.2. The fourth-order valence-electron chi connectivity index (χ4n) is 1.69. The highest BCUT2D eigenvalue weighted by molar-refractivity contribution is 5.79. The summed E-state index contributed by atoms with van der Waals surface area (Å²) < 4.78 is 1.55. The van der Waals surface area contributed by atoms with Crippen LogP contribution in [-0.2, 0) is 11.3 Å². The van der Waals surface area contributed by atoms with Gasteiger partial charge in [0.15, 0.2) is 0 Å². The highest BCUT2D eigenvalue weighted by Crippen LogP contribution is 2.09. The zero-order valence-electron chi connectivity index (χ0n) is 10.4. The molecular weight excluding hydrogens is 230 g/mol. The minimum atomic E-state index is -0.348. The van der Waals surface area contributed by atoms with E-state index in [-0.39, 0.29) is 11.9 Å². The van der Waals surface area contributed by atoms with Crippen molar-refractivity contribution in [3.8, 4) is 0 Å². The van der Waals surface area contributed by atoms with Gasteiger partial charge in [0.1, 0.15) is 18.7 Å². The van der Waals surface area contributed by atoms with Crippen LogP contribution in [-0.4, -0.2) is 37.6 Å². The van der Waals surface area contributed by atoms with Crippen molar-refractivity contribution in [3.63, 3.8) is 0 Å². The monoisotopic (exact) mass is 245 g/mol. The van der Waals surface area contributed by atoms with Gasteiger partial charge in [-0.3, -0.25) is 9.78 Å². The molecule has 94 valence electrons. The maximum Gasteiger partial charge on any atom is 0.247 e. The second-order valence-electron chi connectivity index (χ2n) is 4.10. The van der Waals surface area contributed by atoms with Gasteiger partial charge in [-0.2, -0.15) is 5.10 Å². The van der Waals surface area contributed by atoms with E-state index in [2.05, 4.69) is 15.1 Å². The van der Waals surface area contributed by atoms with Gasteiger partial charge in [0, 0.05) is 26.0 Å². The van der Waals surface area contributed by atoms with E-state index < -0.39 is 0 Å². The lowest BCUT2D eigenvalue weighted by Gasteiger charge is -2.21. The van der Waals surface area contributed by atoms with E-state index >= 15 is 0 Å². The van der Waals surface area contributed by atoms with Crippen LogP contribution >= 0.6 is 0 Å². The van der Waals surface area contributed by atoms with Crippen molar-refractivity contribution in [1.82, 2.24) is 24.6 Å². The number of carbonyl (C=O) groups excluding carboxylic acids is 1. The van der Waals surface area contributed by atoms with Gasteiger partial charge in [-0.25, -0.2) is 9.67 Å². The molecular formula is C12H15N5O. The van der Waals surface area contributed by atoms with Gasteiger partial charge < -0.3 is 4.90 Å². The smallest absolute Gasteiger partial charge is 0.247 e. The van der Waals surface area contributed by atoms with E-state index in [1.54, 1.807) is 42.3 Å². The first-order valence-electron chi connectivity index (χ1n) is 5.66. The number of nitrogens with zero attached hydrogens (tertiary/aromatic N) is 5. The average Bonchev–Trinajstić information content (AvgIpc) is 2.92. The molecule has 0 aliphatic carbocycles. The normalized spacial score (nSPS) is 12.1. The Bertz CT molecular complexity index is 496. The molecule has 0 N–H and O–H groups in total. The Morgan fingerprint density at radius 1 is 1.39 bits per heavy atom. The summed E-state index contributed by atoms with van der Waals surface area (Å²) in [5.41, 5.74) is 1.05. The predicted octanol–water partition coefficient (Wildman–Crippen LogP) is 0.893. The molecule has 1 atom stereocenters. The second-order valence-corrected chi connectivity index (χ2v) is 4.10. The molecule has 0 spiro atoms. The Morgan fingerprint density at radius 3 is 2.72 bits per heavy atom. The van der Waals surface area contributed by atoms with Crippen LogP contribution in [0.1, 0.15) is 18.5 Å². The molecule has 0 saturated carbocycles. The largest absolute Gasteiger partial charge is 0.340 e. The summed E-state index contributed by atoms with van der Waals surface area (Å²) >= 11 is 0. The quantitative estimate of drug-likeness (QED) is 0.802. The second kappa shape index (κ2) is 5.39. The van der Waals surface area contributed by atoms with Gasteiger partial charge in [-0.1, -0.05) is 0 Å². The first kappa shape index (κ1) is 12.2. The third kappa shape index (κ3) is 2.71. The van der Waals surface area contributed by atoms with E-state index in [1.807, 2.05) is 12.1 Å². The number of hydrogen-bond donors (Lipinski definition) is 0. The Morgan fingerprint density at radius 2 is 2.11 bits per heavy atom. The highest BCUT2D eigenvalue weighted by Gasteiger charge is 2.19. The average molecular weight is 245 g/mol. The summed E-state index contributed by atoms with van der Waals surface area (Å²) in [7, 11) is 1.77. The molecule has 2 heterocycles. The molecule has 1 amide bonds. The van der Waals surface area contributed by atoms with E-state index in [1.165, 1.54) is 6.33 Å². The summed E-state index contributed by atoms with van der Waals surface area (Å²) in [6.45, 7) is 2.36. The fraction of sp³-hybridized carbons (Fsp3) is 0.333. The number of pyridine rings is 1. The van der Waals surface area contributed by atoms with E-state index in [9.17, 15) is 4.79 Å². The third-order valence-corrected chi connectivity index (χ3v) is 2.74. The topological polar surface area (TPSA) is 63.9 Å². The molecule has 0 fully saturated rings. The van der Waals surface area contributed by atoms with Crippen molar-refractivity contribution in [2.24, 2.45) is 0 Å². The predicted molar refractivity (Wildman–Crippen MR) is 65.4 cm³/mol. The van der Waals surface area contributed by atoms with Crippen LogP contribution in [0.5, 0.6) is 0 Å². The number of amides is 1. The Labute approximate surface area is 105 Å². The maximum atomic E-state index is 12.2. The number of carbonyl (C=O) groups is 1. The first-order valence-corrected chi connectivity index (χ1v) is 5.66. The Kier molecular flexibility index (Phi) is 3.66. The molecule has 6 nitrogen and oxygen atoms in total. The van der Waals surface area contributed by atoms with Crippen LogP contribution in [0, 0.1) is 0 Å². The summed E-state index contributed by atoms with van der Waals surface area (Å²) in [4.78, 5) is 21.6. The molecule has 0 aromatic carbocycles. The van der Waals surface area contributed by atoms with Crippen molar-refractivity contribution >= 4 is 5.91 Å². The molecule has 0 radical (unpaired) electrons. The van der Waals surface area contributed by atoms with Gasteiger partial charge >= 0.3 is 0 Å². The van der Waals surface area contributed by atoms with Crippen LogP contribution in [0.3, 0.4) is 0 Å². The molecule has 0 aliphatic heterocycles. The molecule has 0 unspecified atom stereocenters. The Hall–Kier alpha value is -2.24. The number of aromatic nitrogens is 4. The van der Waals surface area contributed by atoms with Crippen molar-refractivity contribution in [3.05, 3.63) is 42.7 Å². The van der Waals surface area contributed by atoms with Crippen molar-refractivity contribution in [2.45, 2.75) is 19.5 Å². The number of rotatable bonds is 4. The lowest BCUT2D eigenvalue weighted by molar-refractivity contribution is -0.133. The van der Waals surface area contributed by atoms with E-state index in [4.69, 9.17) is 0 Å². The standard InChI is InChI=1S/C12H15N5O/c1-10(17-9-14-8-15-17)12(18)16(2)7-11-3-5-13-6-4-11/h3-6,8-10H,7H2,1-2H3/t10-/m1/s1. The molecule has 18 heavy (non-hydrogen) atoms. The van der Waals surface area contributed by atoms with Gasteiger partial charge in [-0.15, -0.1) is 0 Å². The van der Waals surface area contributed by atoms with E-state index in [0.29, 0.717) is 6.54 Å². The molecule has 0 saturated heterocycles. The lowest BCUT2D eigenvalue weighted by atomic mass is 10.2. The Balaban J connectivity index is 2.01. The van der Waals surface area contributed by atoms with Crippen LogP contribution < -0.4 is 0 Å². The molecule has 6 heteroatoms. The number of hydrogen-bond acceptors (Lipinski definition) is 4. The molecule has 2 rings (SSSR count). The van der Waals surface area contributed by atoms with Gasteiger partial charge in [0.05, 0.1) is 0 Å². The van der Waals surface area contributed by atoms with Crippen molar-refractivity contribution in [2.75, 3.05) is 7.05 Å². The van der Waals surface area contributed by atoms with Crippen LogP contribution in [0.4, 0.5) is 0 Å². The van der Waals surface area contributed by atoms with Gasteiger partial charge in [0.2, 0.25) is 5.91 Å². The summed E-state index contributed by atoms with van der Waals surface area (Å²) in [6, 6.07) is 3.44. The first-order chi connectivity index (χ1) is 8.68. The fourth-order valence-corrected chi connectivity index (χ4v) is 1.69. The summed E-state index contributed by atoms with van der Waals surface area (Å²) in [5.74, 6) is -0.00249. The van der Waals surface area contributed by atoms with Crippen molar-refractivity contribution < 1.29 is 4.79 Å². The zero-order chi connectivity index (χ0) is 13.0. The van der Waals surface area contributed by atoms with Crippen LogP contribution in [0.25, 0.3) is 0 Å². The minimum Gasteiger partial charge on any atom is -0.340 e. The molecule has 2 aromatic rings. The van der Waals surface area contributed by atoms with Crippen molar-refractivity contribution in [1.29, 1.82) is 0 Å². The minimum absolute atomic E-state index is 0.00249. The molecule has 0 aliphatic rings. The zero-order valence-corrected chi connectivity index (χ0v) is 10.4. The third-order valence-electron chi connectivity index (χ3n) is 2.74. The lowest BCUT2D eigenvalue weighted by Crippen LogP contribution is -2.32. The van der Waals surface area contributed by atoms with Crippen LogP contribution in [0.2, 0.25) is 0 Å². The highest BCUT2D eigenvalue weighted by atomic mass is 16.2. The van der Waals surface area contributed by atoms with Crippen LogP contribution in [0.15, 0.2) is 37.2 Å². The van der Waals surface area contributed by atoms with E-state index in [0.717, 1.165) is 5.56 Å². The summed E-state index contributed by atoms with van der Waals surface area (Å²) in [6.07, 6.45) is 6.40. The number of likely N-dealkylation sites (N-methyl/N-ethyl adjacent to an activating group) is 1. The molecule has 2 aromatic heterocycles. The molecule has 0 bridgehead atoms. The summed E-state index contributed by atoms with van der Waals surface area (Å²) in [5, 5.41) is 3.97. The van der Waals surface area contributed by atoms with Gasteiger partial charge in [0.25, 0.3) is 0 Å². The van der Waals surface area contributed by atoms with Gasteiger partial charge in [-0.05, 0) is 24.6 Å². The SMILES string of the molecule is C[C@H](C(=O)N(C)Cc1ccncc1)n1cncn1.